The van der Waals surface area contributed by atoms with E-state index >= 15 is 4.79 Å². The number of carbonyl (C=O) groups excluding carboxylic acids is 5. The number of nitrogen functional groups attached to an aromatic ring is 1. The quantitative estimate of drug-likeness (QED) is 0.0178. The van der Waals surface area contributed by atoms with E-state index in [1.54, 1.807) is 42.5 Å². The number of anilines is 2. The molecule has 382 valence electrons. The van der Waals surface area contributed by atoms with Crippen molar-refractivity contribution in [1.29, 1.82) is 0 Å². The minimum Gasteiger partial charge on any atom is -0.507 e. The molecule has 1 amide bonds. The van der Waals surface area contributed by atoms with Crippen LogP contribution in [0.5, 0.6) is 11.5 Å². The molecule has 1 heterocycles. The van der Waals surface area contributed by atoms with Crippen LogP contribution in [0.4, 0.5) is 16.2 Å². The van der Waals surface area contributed by atoms with Gasteiger partial charge in [-0.25, -0.2) is 9.59 Å². The number of Topliss-reactive ketones (excluding diaryl/α,β-unsaturated/α-hetero) is 1. The Hall–Kier alpha value is -6.19. The number of rotatable bonds is 13. The van der Waals surface area contributed by atoms with Crippen LogP contribution < -0.4 is 16.8 Å². The molecular formula is C50H59FeN5O15. The molecule has 20 nitrogen and oxygen atoms in total. The molecule has 0 radical (unpaired) electrons. The molecule has 7 rings (SSSR count). The van der Waals surface area contributed by atoms with E-state index in [0.29, 0.717) is 16.8 Å². The topological polar surface area (TPSA) is 321 Å². The minimum atomic E-state index is -2.38. The van der Waals surface area contributed by atoms with Gasteiger partial charge in [0, 0.05) is 90.0 Å². The van der Waals surface area contributed by atoms with Gasteiger partial charge in [0.05, 0.1) is 43.4 Å². The second-order valence-corrected chi connectivity index (χ2v) is 19.0. The smallest absolute Gasteiger partial charge is 0.412 e. The van der Waals surface area contributed by atoms with Gasteiger partial charge in [-0.1, -0.05) is 44.2 Å². The van der Waals surface area contributed by atoms with E-state index < -0.39 is 107 Å². The largest absolute Gasteiger partial charge is 0.507 e. The summed E-state index contributed by atoms with van der Waals surface area (Å²) in [6.45, 7) is 8.27. The maximum Gasteiger partial charge on any atom is 0.412 e. The average molecular weight is 1030 g/mol. The predicted molar refractivity (Wildman–Crippen MR) is 252 cm³/mol. The van der Waals surface area contributed by atoms with E-state index in [4.69, 9.17) is 35.2 Å². The van der Waals surface area contributed by atoms with Crippen LogP contribution in [0.1, 0.15) is 77.1 Å². The third-order valence-electron chi connectivity index (χ3n) is 14.4. The van der Waals surface area contributed by atoms with Crippen molar-refractivity contribution in [2.24, 2.45) is 32.5 Å². The van der Waals surface area contributed by atoms with Crippen LogP contribution in [0.2, 0.25) is 0 Å². The number of amides is 1. The van der Waals surface area contributed by atoms with Crippen LogP contribution in [-0.4, -0.2) is 135 Å². The number of aliphatic hydroxyl groups is 3. The standard InChI is InChI=1S/C50H59N5O15.Fe/c1-25-35(21-50(65)44(62)42-48(6,36(60)20-37-49(42,24-66-37)70-27(3)57)43(61)40(67-26(2)56)38(25)47(50,4)5)68-45(63)41(39(52)28-10-8-7-9-11-28)69-46(64)55-32-13-15-34(59)30(19-32)23-54-17-16-53-22-29-18-31(51)12-14-33(29)58;/h7-15,18-19,22-23,35-37,39-42,44,58-60,62,65H,16-17,20-21,24,51-52H2,1-6H3,(H,55,64);/t35-,36-,37+,39-,40+,41+,42-,44-,48+,49-,50+;/m0./s1. The van der Waals surface area contributed by atoms with Crippen molar-refractivity contribution in [3.63, 3.8) is 0 Å². The summed E-state index contributed by atoms with van der Waals surface area (Å²) in [5.74, 6) is -5.45. The third-order valence-corrected chi connectivity index (χ3v) is 14.4. The van der Waals surface area contributed by atoms with Gasteiger partial charge in [0.25, 0.3) is 0 Å². The second kappa shape index (κ2) is 20.9. The normalized spacial score (nSPS) is 29.5. The van der Waals surface area contributed by atoms with Gasteiger partial charge < -0.3 is 60.7 Å². The summed E-state index contributed by atoms with van der Waals surface area (Å²) in [7, 11) is 0. The number of esters is 3. The maximum atomic E-state index is 15.2. The molecule has 2 saturated carbocycles. The minimum absolute atomic E-state index is 0. The van der Waals surface area contributed by atoms with Crippen LogP contribution in [0, 0.1) is 16.7 Å². The molecule has 0 spiro atoms. The maximum absolute atomic E-state index is 15.2. The van der Waals surface area contributed by atoms with E-state index in [2.05, 4.69) is 15.3 Å². The molecule has 10 N–H and O–H groups in total. The van der Waals surface area contributed by atoms with Crippen molar-refractivity contribution in [2.45, 2.75) is 108 Å². The van der Waals surface area contributed by atoms with Gasteiger partial charge in [-0.2, -0.15) is 0 Å². The Morgan fingerprint density at radius 1 is 0.915 bits per heavy atom. The van der Waals surface area contributed by atoms with Crippen LogP contribution in [0.3, 0.4) is 0 Å². The molecule has 3 aromatic rings. The van der Waals surface area contributed by atoms with E-state index in [1.807, 2.05) is 0 Å². The summed E-state index contributed by atoms with van der Waals surface area (Å²) in [6.07, 6.45) is -8.79. The van der Waals surface area contributed by atoms with Gasteiger partial charge in [-0.3, -0.25) is 29.7 Å². The van der Waals surface area contributed by atoms with Crippen molar-refractivity contribution in [3.8, 4) is 11.5 Å². The summed E-state index contributed by atoms with van der Waals surface area (Å²) in [5, 5.41) is 60.7. The number of aromatic hydroxyl groups is 2. The molecule has 4 aliphatic rings. The molecule has 3 fully saturated rings. The SMILES string of the molecule is CC(=O)O[C@H]1C(=O)[C@@]2(C)[C@H]([C@H](O)[C@]3(O)C[C@H](OC(=O)[C@H](OC(=O)Nc4ccc(O)c(C=NCCN=Cc5cc(N)ccc5O)c4)[C@@H](N)c4ccccc4)C(C)=C1C3(C)C)[C@]1(OC(C)=O)CO[C@@H]1C[C@@H]2O.[Fe]. The number of aliphatic imine (C=N–C) groups is 2. The van der Waals surface area contributed by atoms with Crippen LogP contribution >= 0.6 is 0 Å². The van der Waals surface area contributed by atoms with E-state index in [-0.39, 0.29) is 77.1 Å². The van der Waals surface area contributed by atoms with Gasteiger partial charge in [0.1, 0.15) is 29.3 Å². The number of nitrogens with zero attached hydrogens (tertiary/aromatic N) is 2. The predicted octanol–water partition coefficient (Wildman–Crippen LogP) is 3.19. The van der Waals surface area contributed by atoms with Gasteiger partial charge in [0.2, 0.25) is 6.10 Å². The van der Waals surface area contributed by atoms with Crippen LogP contribution in [0.25, 0.3) is 0 Å². The Morgan fingerprint density at radius 3 is 2.13 bits per heavy atom. The Kier molecular flexibility index (Phi) is 15.9. The van der Waals surface area contributed by atoms with Crippen molar-refractivity contribution < 1.29 is 90.3 Å². The van der Waals surface area contributed by atoms with Crippen molar-refractivity contribution in [1.82, 2.24) is 0 Å². The van der Waals surface area contributed by atoms with Gasteiger partial charge in [0.15, 0.2) is 17.5 Å². The first-order chi connectivity index (χ1) is 33.0. The fraction of sp³-hybridized carbons (Fsp3) is 0.460. The molecule has 1 aliphatic heterocycles. The van der Waals surface area contributed by atoms with E-state index in [1.165, 1.54) is 64.4 Å². The van der Waals surface area contributed by atoms with Crippen LogP contribution in [0.15, 0.2) is 87.9 Å². The summed E-state index contributed by atoms with van der Waals surface area (Å²) in [6, 6.07) is 15.5. The van der Waals surface area contributed by atoms with Crippen molar-refractivity contribution in [3.05, 3.63) is 94.6 Å². The zero-order valence-corrected chi connectivity index (χ0v) is 41.0. The molecular weight excluding hydrogens is 966 g/mol. The fourth-order valence-corrected chi connectivity index (χ4v) is 10.6. The van der Waals surface area contributed by atoms with Gasteiger partial charge >= 0.3 is 24.0 Å². The Labute approximate surface area is 419 Å². The number of nitrogens with one attached hydrogen (secondary N) is 1. The molecule has 0 aromatic heterocycles. The van der Waals surface area contributed by atoms with E-state index in [0.717, 1.165) is 13.8 Å². The fourth-order valence-electron chi connectivity index (χ4n) is 10.6. The van der Waals surface area contributed by atoms with Crippen LogP contribution in [-0.2, 0) is 59.9 Å². The summed E-state index contributed by atoms with van der Waals surface area (Å²) in [4.78, 5) is 77.6. The molecule has 2 bridgehead atoms. The number of aliphatic hydroxyl groups excluding tert-OH is 2. The first kappa shape index (κ1) is 54.1. The number of carbonyl (C=O) groups is 5. The zero-order valence-electron chi connectivity index (χ0n) is 39.9. The summed E-state index contributed by atoms with van der Waals surface area (Å²) < 4.78 is 29.3. The number of hydrogen-bond donors (Lipinski definition) is 8. The number of fused-ring (bicyclic) bond motifs is 5. The first-order valence-electron chi connectivity index (χ1n) is 22.7. The molecule has 3 aromatic carbocycles. The molecule has 3 aliphatic carbocycles. The number of ether oxygens (including phenoxy) is 5. The molecule has 21 heteroatoms. The molecule has 1 saturated heterocycles. The Bertz CT molecular complexity index is 2650. The zero-order chi connectivity index (χ0) is 51.1. The molecule has 11 atom stereocenters. The number of nitrogens with two attached hydrogens (primary N) is 2. The summed E-state index contributed by atoms with van der Waals surface area (Å²) in [5.41, 5.74) is 6.40. The van der Waals surface area contributed by atoms with Crippen molar-refractivity contribution in [2.75, 3.05) is 30.7 Å². The molecule has 0 unspecified atom stereocenters. The first-order valence-corrected chi connectivity index (χ1v) is 22.7. The van der Waals surface area contributed by atoms with E-state index in [9.17, 15) is 44.7 Å². The van der Waals surface area contributed by atoms with Gasteiger partial charge in [-0.15, -0.1) is 0 Å². The molecule has 71 heavy (non-hydrogen) atoms. The average Bonchev–Trinajstić information content (AvgIpc) is 3.29. The second-order valence-electron chi connectivity index (χ2n) is 19.0. The van der Waals surface area contributed by atoms with Crippen molar-refractivity contribution >= 4 is 53.6 Å². The number of ketones is 1. The number of hydrogen-bond acceptors (Lipinski definition) is 19. The number of benzene rings is 3. The third kappa shape index (κ3) is 10.0. The van der Waals surface area contributed by atoms with Gasteiger partial charge in [-0.05, 0) is 67.0 Å². The Morgan fingerprint density at radius 2 is 1.54 bits per heavy atom. The Balaban J connectivity index is 0.00000825. The number of phenolic OH excluding ortho intramolecular Hbond substituents is 2. The monoisotopic (exact) mass is 1030 g/mol. The number of phenols is 2. The summed E-state index contributed by atoms with van der Waals surface area (Å²) >= 11 is 0.